The van der Waals surface area contributed by atoms with Gasteiger partial charge in [0, 0.05) is 9.85 Å². The number of aromatic nitrogens is 4. The van der Waals surface area contributed by atoms with Gasteiger partial charge in [0.1, 0.15) is 22.8 Å². The van der Waals surface area contributed by atoms with Gasteiger partial charge in [0.25, 0.3) is 5.56 Å². The molecule has 0 radical (unpaired) electrons. The molecule has 106 valence electrons. The molecule has 21 heavy (non-hydrogen) atoms. The van der Waals surface area contributed by atoms with E-state index < -0.39 is 0 Å². The van der Waals surface area contributed by atoms with Crippen molar-refractivity contribution >= 4 is 43.3 Å². The number of aryl methyl sites for hydroxylation is 1. The molecule has 0 aromatic carbocycles. The van der Waals surface area contributed by atoms with Crippen LogP contribution in [0.5, 0.6) is 0 Å². The Balaban J connectivity index is 1.84. The van der Waals surface area contributed by atoms with Gasteiger partial charge >= 0.3 is 0 Å². The van der Waals surface area contributed by atoms with Gasteiger partial charge in [0.15, 0.2) is 0 Å². The Kier molecular flexibility index (Phi) is 2.83. The number of H-pyrrole nitrogens is 1. The van der Waals surface area contributed by atoms with E-state index in [0.29, 0.717) is 18.9 Å². The number of aromatic amines is 1. The van der Waals surface area contributed by atoms with Gasteiger partial charge in [-0.15, -0.1) is 11.3 Å². The van der Waals surface area contributed by atoms with Crippen LogP contribution in [0.3, 0.4) is 0 Å². The van der Waals surface area contributed by atoms with Gasteiger partial charge in [-0.3, -0.25) is 4.79 Å². The number of fused-ring (bicyclic) bond motifs is 2. The fourth-order valence-corrected chi connectivity index (χ4v) is 4.14. The van der Waals surface area contributed by atoms with Crippen molar-refractivity contribution in [2.45, 2.75) is 20.0 Å². The van der Waals surface area contributed by atoms with Crippen LogP contribution in [0.15, 0.2) is 21.0 Å². The minimum Gasteiger partial charge on any atom is -0.345 e. The predicted octanol–water partition coefficient (Wildman–Crippen LogP) is 2.37. The van der Waals surface area contributed by atoms with Gasteiger partial charge < -0.3 is 9.88 Å². The Labute approximate surface area is 132 Å². The Morgan fingerprint density at radius 3 is 3.10 bits per heavy atom. The number of nitrogens with one attached hydrogen (secondary N) is 1. The summed E-state index contributed by atoms with van der Waals surface area (Å²) < 4.78 is 0.979. The van der Waals surface area contributed by atoms with Crippen molar-refractivity contribution in [1.82, 2.24) is 19.9 Å². The van der Waals surface area contributed by atoms with Crippen LogP contribution in [0.2, 0.25) is 0 Å². The molecule has 0 fully saturated rings. The van der Waals surface area contributed by atoms with Crippen LogP contribution in [0.1, 0.15) is 17.1 Å². The van der Waals surface area contributed by atoms with Gasteiger partial charge in [0.2, 0.25) is 0 Å². The number of rotatable bonds is 1. The van der Waals surface area contributed by atoms with Crippen LogP contribution >= 0.6 is 27.3 Å². The summed E-state index contributed by atoms with van der Waals surface area (Å²) in [7, 11) is 0. The Hall–Kier alpha value is -1.80. The molecule has 1 N–H and O–H groups in total. The highest BCUT2D eigenvalue weighted by Crippen LogP contribution is 2.36. The molecule has 0 bridgehead atoms. The van der Waals surface area contributed by atoms with Crippen molar-refractivity contribution < 1.29 is 0 Å². The van der Waals surface area contributed by atoms with Gasteiger partial charge in [-0.25, -0.2) is 15.0 Å². The maximum Gasteiger partial charge on any atom is 0.256 e. The molecule has 3 aromatic heterocycles. The van der Waals surface area contributed by atoms with Crippen LogP contribution in [0.25, 0.3) is 10.2 Å². The molecule has 0 unspecified atom stereocenters. The predicted molar refractivity (Wildman–Crippen MR) is 84.6 cm³/mol. The third-order valence-corrected chi connectivity index (χ3v) is 5.33. The average Bonchev–Trinajstić information content (AvgIpc) is 3.03. The monoisotopic (exact) mass is 363 g/mol. The van der Waals surface area contributed by atoms with E-state index in [2.05, 4.69) is 40.8 Å². The second-order valence-corrected chi connectivity index (χ2v) is 6.61. The minimum absolute atomic E-state index is 0.0605. The highest BCUT2D eigenvalue weighted by molar-refractivity contribution is 9.10. The number of hydrogen-bond acceptors (Lipinski definition) is 6. The van der Waals surface area contributed by atoms with E-state index >= 15 is 0 Å². The molecule has 4 rings (SSSR count). The van der Waals surface area contributed by atoms with E-state index in [1.807, 2.05) is 5.38 Å². The average molecular weight is 364 g/mol. The first kappa shape index (κ1) is 12.9. The van der Waals surface area contributed by atoms with E-state index in [-0.39, 0.29) is 5.56 Å². The lowest BCUT2D eigenvalue weighted by atomic mass is 10.3. The Morgan fingerprint density at radius 1 is 1.38 bits per heavy atom. The van der Waals surface area contributed by atoms with Crippen molar-refractivity contribution in [2.24, 2.45) is 0 Å². The summed E-state index contributed by atoms with van der Waals surface area (Å²) in [5, 5.41) is 2.99. The third-order valence-electron chi connectivity index (χ3n) is 3.51. The maximum atomic E-state index is 12.0. The standard InChI is InChI=1S/C13H10BrN5OS/c1-6-17-9-3-19(2-7(9)12(20)18-6)11-10-8(14)4-21-13(10)16-5-15-11/h4-5H,2-3H2,1H3,(H,17,18,20). The van der Waals surface area contributed by atoms with Crippen molar-refractivity contribution in [3.8, 4) is 0 Å². The largest absolute Gasteiger partial charge is 0.345 e. The molecular weight excluding hydrogens is 354 g/mol. The summed E-state index contributed by atoms with van der Waals surface area (Å²) in [4.78, 5) is 30.9. The molecule has 0 amide bonds. The van der Waals surface area contributed by atoms with Gasteiger partial charge in [-0.05, 0) is 22.9 Å². The zero-order valence-corrected chi connectivity index (χ0v) is 13.5. The molecule has 0 spiro atoms. The summed E-state index contributed by atoms with van der Waals surface area (Å²) >= 11 is 5.11. The first-order chi connectivity index (χ1) is 10.1. The number of hydrogen-bond donors (Lipinski definition) is 1. The summed E-state index contributed by atoms with van der Waals surface area (Å²) in [5.74, 6) is 1.48. The second-order valence-electron chi connectivity index (χ2n) is 4.89. The smallest absolute Gasteiger partial charge is 0.256 e. The SMILES string of the molecule is Cc1nc2c(c(=O)[nH]1)CN(c1ncnc3scc(Br)c13)C2. The van der Waals surface area contributed by atoms with Crippen molar-refractivity contribution in [2.75, 3.05) is 4.90 Å². The summed E-state index contributed by atoms with van der Waals surface area (Å²) in [6.45, 7) is 2.91. The summed E-state index contributed by atoms with van der Waals surface area (Å²) in [5.41, 5.74) is 1.49. The lowest BCUT2D eigenvalue weighted by Crippen LogP contribution is -2.19. The number of nitrogens with zero attached hydrogens (tertiary/aromatic N) is 4. The molecular formula is C13H10BrN5OS. The van der Waals surface area contributed by atoms with Crippen molar-refractivity contribution in [3.63, 3.8) is 0 Å². The van der Waals surface area contributed by atoms with Crippen LogP contribution in [-0.4, -0.2) is 19.9 Å². The topological polar surface area (TPSA) is 74.8 Å². The molecule has 1 aliphatic rings. The normalized spacial score (nSPS) is 13.9. The number of halogens is 1. The lowest BCUT2D eigenvalue weighted by molar-refractivity contribution is 0.849. The molecule has 0 aliphatic carbocycles. The van der Waals surface area contributed by atoms with Crippen LogP contribution < -0.4 is 10.5 Å². The first-order valence-corrected chi connectivity index (χ1v) is 8.02. The van der Waals surface area contributed by atoms with E-state index in [1.54, 1.807) is 24.6 Å². The molecule has 0 saturated carbocycles. The van der Waals surface area contributed by atoms with Gasteiger partial charge in [0.05, 0.1) is 29.7 Å². The van der Waals surface area contributed by atoms with Crippen molar-refractivity contribution in [1.29, 1.82) is 0 Å². The molecule has 6 nitrogen and oxygen atoms in total. The maximum absolute atomic E-state index is 12.0. The van der Waals surface area contributed by atoms with E-state index in [0.717, 1.165) is 31.8 Å². The molecule has 3 aromatic rings. The Bertz CT molecular complexity index is 919. The van der Waals surface area contributed by atoms with E-state index in [4.69, 9.17) is 0 Å². The fourth-order valence-electron chi connectivity index (χ4n) is 2.61. The zero-order valence-electron chi connectivity index (χ0n) is 11.1. The molecule has 4 heterocycles. The van der Waals surface area contributed by atoms with Crippen LogP contribution in [-0.2, 0) is 13.1 Å². The van der Waals surface area contributed by atoms with E-state index in [9.17, 15) is 4.79 Å². The minimum atomic E-state index is -0.0605. The molecule has 8 heteroatoms. The van der Waals surface area contributed by atoms with E-state index in [1.165, 1.54) is 0 Å². The summed E-state index contributed by atoms with van der Waals surface area (Å²) in [6, 6.07) is 0. The van der Waals surface area contributed by atoms with Crippen LogP contribution in [0.4, 0.5) is 5.82 Å². The quantitative estimate of drug-likeness (QED) is 0.718. The Morgan fingerprint density at radius 2 is 2.24 bits per heavy atom. The summed E-state index contributed by atoms with van der Waals surface area (Å²) in [6.07, 6.45) is 1.56. The van der Waals surface area contributed by atoms with Crippen LogP contribution in [0, 0.1) is 6.92 Å². The lowest BCUT2D eigenvalue weighted by Gasteiger charge is -2.16. The molecule has 0 saturated heterocycles. The van der Waals surface area contributed by atoms with Gasteiger partial charge in [-0.1, -0.05) is 0 Å². The highest BCUT2D eigenvalue weighted by Gasteiger charge is 2.26. The zero-order chi connectivity index (χ0) is 14.6. The fraction of sp³-hybridized carbons (Fsp3) is 0.231. The molecule has 1 aliphatic heterocycles. The highest BCUT2D eigenvalue weighted by atomic mass is 79.9. The third kappa shape index (κ3) is 1.97. The second kappa shape index (κ2) is 4.60. The van der Waals surface area contributed by atoms with Gasteiger partial charge in [-0.2, -0.15) is 0 Å². The number of anilines is 1. The number of thiophene rings is 1. The first-order valence-electron chi connectivity index (χ1n) is 6.35. The van der Waals surface area contributed by atoms with Crippen molar-refractivity contribution in [3.05, 3.63) is 43.6 Å². The molecule has 0 atom stereocenters.